The lowest BCUT2D eigenvalue weighted by Crippen LogP contribution is -1.70. The summed E-state index contributed by atoms with van der Waals surface area (Å²) in [6, 6.07) is 4.34. The smallest absolute Gasteiger partial charge is 0.144 e. The van der Waals surface area contributed by atoms with E-state index in [-0.39, 0.29) is 0 Å². The molecule has 2 heteroatoms. The molecule has 0 unspecified atom stereocenters. The molecule has 0 radical (unpaired) electrons. The van der Waals surface area contributed by atoms with Crippen LogP contribution in [0, 0.1) is 0 Å². The Hall–Kier alpha value is -1.02. The minimum absolute atomic E-state index is 1.01. The molecule has 14 heavy (non-hydrogen) atoms. The second-order valence-electron chi connectivity index (χ2n) is 3.35. The zero-order chi connectivity index (χ0) is 9.97. The van der Waals surface area contributed by atoms with E-state index in [1.54, 1.807) is 11.3 Å². The van der Waals surface area contributed by atoms with Gasteiger partial charge in [-0.3, -0.25) is 0 Å². The maximum Gasteiger partial charge on any atom is 0.144 e. The normalized spacial score (nSPS) is 10.7. The van der Waals surface area contributed by atoms with Crippen molar-refractivity contribution in [3.63, 3.8) is 0 Å². The highest BCUT2D eigenvalue weighted by atomic mass is 32.1. The van der Waals surface area contributed by atoms with Gasteiger partial charge < -0.3 is 4.42 Å². The molecule has 0 atom stereocenters. The molecule has 0 amide bonds. The van der Waals surface area contributed by atoms with Crippen LogP contribution in [-0.2, 0) is 12.8 Å². The van der Waals surface area contributed by atoms with E-state index in [9.17, 15) is 0 Å². The lowest BCUT2D eigenvalue weighted by molar-refractivity contribution is 0.580. The van der Waals surface area contributed by atoms with E-state index in [4.69, 9.17) is 4.42 Å². The lowest BCUT2D eigenvalue weighted by atomic mass is 10.2. The van der Waals surface area contributed by atoms with Gasteiger partial charge in [0.15, 0.2) is 0 Å². The van der Waals surface area contributed by atoms with E-state index in [0.717, 1.165) is 18.6 Å². The van der Waals surface area contributed by atoms with Crippen LogP contribution in [0.5, 0.6) is 0 Å². The van der Waals surface area contributed by atoms with Crippen molar-refractivity contribution in [1.82, 2.24) is 0 Å². The van der Waals surface area contributed by atoms with Gasteiger partial charge in [-0.25, -0.2) is 0 Å². The van der Waals surface area contributed by atoms with Crippen molar-refractivity contribution in [1.29, 1.82) is 0 Å². The van der Waals surface area contributed by atoms with Crippen molar-refractivity contribution in [2.24, 2.45) is 0 Å². The molecule has 0 aliphatic carbocycles. The first kappa shape index (κ1) is 9.53. The molecule has 0 aliphatic rings. The van der Waals surface area contributed by atoms with Crippen molar-refractivity contribution in [2.45, 2.75) is 26.7 Å². The van der Waals surface area contributed by atoms with E-state index < -0.39 is 0 Å². The van der Waals surface area contributed by atoms with Gasteiger partial charge in [-0.1, -0.05) is 13.8 Å². The topological polar surface area (TPSA) is 13.1 Å². The molecular formula is C12H14OS. The minimum Gasteiger partial charge on any atom is -0.463 e. The molecule has 0 aromatic carbocycles. The summed E-state index contributed by atoms with van der Waals surface area (Å²) in [5.74, 6) is 1.01. The van der Waals surface area contributed by atoms with Gasteiger partial charge in [0.2, 0.25) is 0 Å². The van der Waals surface area contributed by atoms with Crippen LogP contribution in [0.15, 0.2) is 28.2 Å². The number of hydrogen-bond acceptors (Lipinski definition) is 2. The summed E-state index contributed by atoms with van der Waals surface area (Å²) >= 11 is 1.76. The highest BCUT2D eigenvalue weighted by Gasteiger charge is 2.06. The number of aryl methyl sites for hydroxylation is 2. The Balaban J connectivity index is 2.29. The highest BCUT2D eigenvalue weighted by Crippen LogP contribution is 2.29. The Labute approximate surface area is 88.4 Å². The third-order valence-electron chi connectivity index (χ3n) is 2.37. The first-order valence-electron chi connectivity index (χ1n) is 4.98. The van der Waals surface area contributed by atoms with E-state index in [1.165, 1.54) is 16.0 Å². The molecule has 0 N–H and O–H groups in total. The molecule has 0 saturated carbocycles. The summed E-state index contributed by atoms with van der Waals surface area (Å²) in [6.07, 6.45) is 3.98. The second kappa shape index (κ2) is 4.01. The summed E-state index contributed by atoms with van der Waals surface area (Å²) in [7, 11) is 0. The molecule has 2 aromatic heterocycles. The van der Waals surface area contributed by atoms with E-state index in [0.29, 0.717) is 0 Å². The van der Waals surface area contributed by atoms with Crippen LogP contribution in [0.2, 0.25) is 0 Å². The summed E-state index contributed by atoms with van der Waals surface area (Å²) in [6.45, 7) is 4.31. The van der Waals surface area contributed by atoms with Crippen LogP contribution in [0.3, 0.4) is 0 Å². The van der Waals surface area contributed by atoms with Gasteiger partial charge in [0.25, 0.3) is 0 Å². The molecule has 2 aromatic rings. The van der Waals surface area contributed by atoms with Crippen LogP contribution in [0.4, 0.5) is 0 Å². The lowest BCUT2D eigenvalue weighted by Gasteiger charge is -1.87. The van der Waals surface area contributed by atoms with Gasteiger partial charge in [0.1, 0.15) is 5.76 Å². The first-order valence-corrected chi connectivity index (χ1v) is 5.86. The van der Waals surface area contributed by atoms with Crippen molar-refractivity contribution in [2.75, 3.05) is 0 Å². The van der Waals surface area contributed by atoms with Crippen LogP contribution in [-0.4, -0.2) is 0 Å². The van der Waals surface area contributed by atoms with Gasteiger partial charge in [0.05, 0.1) is 11.1 Å². The van der Waals surface area contributed by atoms with Crippen LogP contribution in [0.25, 0.3) is 10.6 Å². The monoisotopic (exact) mass is 206 g/mol. The Morgan fingerprint density at radius 2 is 1.93 bits per heavy atom. The molecule has 74 valence electrons. The zero-order valence-electron chi connectivity index (χ0n) is 8.54. The average molecular weight is 206 g/mol. The molecule has 2 heterocycles. The van der Waals surface area contributed by atoms with E-state index >= 15 is 0 Å². The molecule has 0 fully saturated rings. The molecular weight excluding hydrogens is 192 g/mol. The van der Waals surface area contributed by atoms with Gasteiger partial charge in [-0.15, -0.1) is 11.3 Å². The van der Waals surface area contributed by atoms with Crippen LogP contribution < -0.4 is 0 Å². The largest absolute Gasteiger partial charge is 0.463 e. The molecule has 1 nitrogen and oxygen atoms in total. The number of hydrogen-bond donors (Lipinski definition) is 0. The summed E-state index contributed by atoms with van der Waals surface area (Å²) < 4.78 is 5.51. The third kappa shape index (κ3) is 1.75. The highest BCUT2D eigenvalue weighted by molar-refractivity contribution is 7.13. The molecule has 0 aliphatic heterocycles. The van der Waals surface area contributed by atoms with Gasteiger partial charge >= 0.3 is 0 Å². The number of rotatable bonds is 3. The van der Waals surface area contributed by atoms with Crippen molar-refractivity contribution in [3.8, 4) is 10.6 Å². The van der Waals surface area contributed by atoms with Gasteiger partial charge in [0, 0.05) is 0 Å². The predicted molar refractivity (Wildman–Crippen MR) is 60.8 cm³/mol. The Kier molecular flexibility index (Phi) is 2.73. The van der Waals surface area contributed by atoms with Gasteiger partial charge in [-0.05, 0) is 41.5 Å². The molecule has 0 spiro atoms. The Morgan fingerprint density at radius 3 is 2.50 bits per heavy atom. The summed E-state index contributed by atoms with van der Waals surface area (Å²) in [5, 5.41) is 2.20. The van der Waals surface area contributed by atoms with E-state index in [1.807, 2.05) is 6.26 Å². The fourth-order valence-electron chi connectivity index (χ4n) is 1.38. The predicted octanol–water partition coefficient (Wildman–Crippen LogP) is 4.13. The van der Waals surface area contributed by atoms with Crippen molar-refractivity contribution in [3.05, 3.63) is 34.9 Å². The zero-order valence-corrected chi connectivity index (χ0v) is 9.36. The molecule has 0 bridgehead atoms. The number of furan rings is 1. The summed E-state index contributed by atoms with van der Waals surface area (Å²) in [5.41, 5.74) is 2.66. The first-order chi connectivity index (χ1) is 6.83. The molecule has 0 saturated heterocycles. The minimum atomic E-state index is 1.01. The second-order valence-corrected chi connectivity index (χ2v) is 4.26. The van der Waals surface area contributed by atoms with Gasteiger partial charge in [-0.2, -0.15) is 0 Å². The summed E-state index contributed by atoms with van der Waals surface area (Å²) in [4.78, 5) is 1.24. The van der Waals surface area contributed by atoms with Crippen molar-refractivity contribution < 1.29 is 4.42 Å². The molecule has 2 rings (SSSR count). The third-order valence-corrected chi connectivity index (χ3v) is 3.36. The fourth-order valence-corrected chi connectivity index (χ4v) is 2.34. The van der Waals surface area contributed by atoms with E-state index in [2.05, 4.69) is 31.4 Å². The SMILES string of the molecule is CCc1coc(-c2cc(CC)cs2)c1. The Bertz CT molecular complexity index is 371. The quantitative estimate of drug-likeness (QED) is 0.735. The maximum absolute atomic E-state index is 5.51. The standard InChI is InChI=1S/C12H14OS/c1-3-9-5-11(13-7-9)12-6-10(4-2)8-14-12/h5-8H,3-4H2,1-2H3. The average Bonchev–Trinajstić information content (AvgIpc) is 2.86. The maximum atomic E-state index is 5.51. The van der Waals surface area contributed by atoms with Crippen molar-refractivity contribution >= 4 is 11.3 Å². The van der Waals surface area contributed by atoms with Crippen LogP contribution in [0.1, 0.15) is 25.0 Å². The Morgan fingerprint density at radius 1 is 1.14 bits per heavy atom. The number of thiophene rings is 1. The van der Waals surface area contributed by atoms with Crippen LogP contribution >= 0.6 is 11.3 Å². The fraction of sp³-hybridized carbons (Fsp3) is 0.333.